The number of sulfonamides is 1. The summed E-state index contributed by atoms with van der Waals surface area (Å²) in [6, 6.07) is 16.3. The zero-order valence-electron chi connectivity index (χ0n) is 11.6. The van der Waals surface area contributed by atoms with E-state index in [1.165, 1.54) is 6.21 Å². The number of aryl methyl sites for hydroxylation is 1. The number of hydrazone groups is 1. The van der Waals surface area contributed by atoms with Gasteiger partial charge in [-0.3, -0.25) is 0 Å². The lowest BCUT2D eigenvalue weighted by Gasteiger charge is -2.02. The quantitative estimate of drug-likeness (QED) is 0.681. The first kappa shape index (κ1) is 15.0. The fourth-order valence-corrected chi connectivity index (χ4v) is 2.43. The van der Waals surface area contributed by atoms with Crippen LogP contribution in [0.4, 0.5) is 0 Å². The maximum Gasteiger partial charge on any atom is 0.276 e. The molecule has 4 nitrogen and oxygen atoms in total. The summed E-state index contributed by atoms with van der Waals surface area (Å²) in [4.78, 5) is 2.36. The van der Waals surface area contributed by atoms with Gasteiger partial charge in [0.15, 0.2) is 0 Å². The monoisotopic (exact) mass is 300 g/mol. The van der Waals surface area contributed by atoms with Gasteiger partial charge in [0.1, 0.15) is 0 Å². The SMILES string of the molecule is Cc1ccc(S(=O)(=O)N/N=C/C=C\c2ccccc2)cc1. The van der Waals surface area contributed by atoms with E-state index in [0.29, 0.717) is 0 Å². The zero-order chi connectivity index (χ0) is 15.1. The fraction of sp³-hybridized carbons (Fsp3) is 0.0625. The molecular formula is C16H16N2O2S. The summed E-state index contributed by atoms with van der Waals surface area (Å²) < 4.78 is 23.9. The van der Waals surface area contributed by atoms with Gasteiger partial charge >= 0.3 is 0 Å². The van der Waals surface area contributed by atoms with Gasteiger partial charge in [0.05, 0.1) is 4.90 Å². The molecule has 0 aliphatic rings. The van der Waals surface area contributed by atoms with E-state index in [1.807, 2.05) is 43.3 Å². The Kier molecular flexibility index (Phi) is 4.90. The molecule has 0 aliphatic carbocycles. The van der Waals surface area contributed by atoms with E-state index in [-0.39, 0.29) is 4.90 Å². The molecule has 0 saturated heterocycles. The van der Waals surface area contributed by atoms with E-state index in [4.69, 9.17) is 0 Å². The second-order valence-corrected chi connectivity index (χ2v) is 6.12. The molecule has 108 valence electrons. The molecule has 1 N–H and O–H groups in total. The molecule has 0 atom stereocenters. The van der Waals surface area contributed by atoms with Gasteiger partial charge in [-0.05, 0) is 30.7 Å². The highest BCUT2D eigenvalue weighted by Gasteiger charge is 2.11. The van der Waals surface area contributed by atoms with Gasteiger partial charge in [0.2, 0.25) is 0 Å². The molecule has 0 saturated carbocycles. The standard InChI is InChI=1S/C16H16N2O2S/c1-14-9-11-16(12-10-14)21(19,20)18-17-13-5-8-15-6-3-2-4-7-15/h2-13,18H,1H3/b8-5-,17-13+. The van der Waals surface area contributed by atoms with Gasteiger partial charge in [0.25, 0.3) is 10.0 Å². The van der Waals surface area contributed by atoms with Crippen LogP contribution in [-0.4, -0.2) is 14.6 Å². The van der Waals surface area contributed by atoms with Crippen molar-refractivity contribution in [3.05, 3.63) is 71.8 Å². The molecule has 0 aliphatic heterocycles. The smallest absolute Gasteiger partial charge is 0.200 e. The van der Waals surface area contributed by atoms with Crippen molar-refractivity contribution in [2.75, 3.05) is 0 Å². The van der Waals surface area contributed by atoms with E-state index >= 15 is 0 Å². The lowest BCUT2D eigenvalue weighted by molar-refractivity contribution is 0.584. The molecule has 0 amide bonds. The molecule has 0 bridgehead atoms. The highest BCUT2D eigenvalue weighted by molar-refractivity contribution is 7.89. The summed E-state index contributed by atoms with van der Waals surface area (Å²) in [5.74, 6) is 0. The van der Waals surface area contributed by atoms with Crippen molar-refractivity contribution in [1.29, 1.82) is 0 Å². The van der Waals surface area contributed by atoms with Crippen molar-refractivity contribution < 1.29 is 8.42 Å². The first-order valence-electron chi connectivity index (χ1n) is 6.41. The van der Waals surface area contributed by atoms with E-state index in [1.54, 1.807) is 30.3 Å². The van der Waals surface area contributed by atoms with Crippen LogP contribution in [0.5, 0.6) is 0 Å². The van der Waals surface area contributed by atoms with Crippen LogP contribution < -0.4 is 4.83 Å². The van der Waals surface area contributed by atoms with Crippen molar-refractivity contribution in [3.8, 4) is 0 Å². The first-order chi connectivity index (χ1) is 10.1. The number of hydrogen-bond acceptors (Lipinski definition) is 3. The summed E-state index contributed by atoms with van der Waals surface area (Å²) in [6.07, 6.45) is 4.91. The van der Waals surface area contributed by atoms with Crippen LogP contribution in [-0.2, 0) is 10.0 Å². The van der Waals surface area contributed by atoms with Crippen LogP contribution in [0, 0.1) is 6.92 Å². The zero-order valence-corrected chi connectivity index (χ0v) is 12.4. The van der Waals surface area contributed by atoms with Crippen LogP contribution >= 0.6 is 0 Å². The lowest BCUT2D eigenvalue weighted by Crippen LogP contribution is -2.17. The molecule has 0 aromatic heterocycles. The predicted molar refractivity (Wildman–Crippen MR) is 85.5 cm³/mol. The number of hydrogen-bond donors (Lipinski definition) is 1. The molecule has 5 heteroatoms. The predicted octanol–water partition coefficient (Wildman–Crippen LogP) is 2.97. The highest BCUT2D eigenvalue weighted by Crippen LogP contribution is 2.09. The van der Waals surface area contributed by atoms with Crippen molar-refractivity contribution in [2.24, 2.45) is 5.10 Å². The van der Waals surface area contributed by atoms with Crippen LogP contribution in [0.3, 0.4) is 0 Å². The molecule has 2 rings (SSSR count). The third-order valence-electron chi connectivity index (χ3n) is 2.75. The average Bonchev–Trinajstić information content (AvgIpc) is 2.48. The van der Waals surface area contributed by atoms with Crippen LogP contribution in [0.1, 0.15) is 11.1 Å². The Hall–Kier alpha value is -2.40. The van der Waals surface area contributed by atoms with Crippen molar-refractivity contribution in [1.82, 2.24) is 4.83 Å². The van der Waals surface area contributed by atoms with Gasteiger partial charge in [0, 0.05) is 6.21 Å². The van der Waals surface area contributed by atoms with Gasteiger partial charge < -0.3 is 0 Å². The maximum absolute atomic E-state index is 11.9. The Bertz CT molecular complexity index is 734. The van der Waals surface area contributed by atoms with E-state index < -0.39 is 10.0 Å². The number of nitrogens with one attached hydrogen (secondary N) is 1. The number of rotatable bonds is 5. The lowest BCUT2D eigenvalue weighted by atomic mass is 10.2. The van der Waals surface area contributed by atoms with E-state index in [2.05, 4.69) is 9.93 Å². The second-order valence-electron chi connectivity index (χ2n) is 4.46. The molecule has 21 heavy (non-hydrogen) atoms. The van der Waals surface area contributed by atoms with Crippen LogP contribution in [0.25, 0.3) is 6.08 Å². The summed E-state index contributed by atoms with van der Waals surface area (Å²) in [5.41, 5.74) is 2.02. The molecular weight excluding hydrogens is 284 g/mol. The van der Waals surface area contributed by atoms with Gasteiger partial charge in [-0.15, -0.1) is 0 Å². The molecule has 0 unspecified atom stereocenters. The van der Waals surface area contributed by atoms with E-state index in [9.17, 15) is 8.42 Å². The highest BCUT2D eigenvalue weighted by atomic mass is 32.2. The van der Waals surface area contributed by atoms with Crippen molar-refractivity contribution in [3.63, 3.8) is 0 Å². The normalized spacial score (nSPS) is 12.0. The van der Waals surface area contributed by atoms with Crippen molar-refractivity contribution in [2.45, 2.75) is 11.8 Å². The minimum absolute atomic E-state index is 0.192. The van der Waals surface area contributed by atoms with Crippen LogP contribution in [0.2, 0.25) is 0 Å². The fourth-order valence-electron chi connectivity index (χ4n) is 1.63. The Balaban J connectivity index is 1.97. The maximum atomic E-state index is 11.9. The first-order valence-corrected chi connectivity index (χ1v) is 7.89. The average molecular weight is 300 g/mol. The van der Waals surface area contributed by atoms with Crippen LogP contribution in [0.15, 0.2) is 70.7 Å². The minimum atomic E-state index is -3.60. The third-order valence-corrected chi connectivity index (χ3v) is 3.99. The van der Waals surface area contributed by atoms with E-state index in [0.717, 1.165) is 11.1 Å². The largest absolute Gasteiger partial charge is 0.276 e. The summed E-state index contributed by atoms with van der Waals surface area (Å²) >= 11 is 0. The topological polar surface area (TPSA) is 58.5 Å². The number of allylic oxidation sites excluding steroid dienone is 1. The molecule has 0 spiro atoms. The molecule has 0 heterocycles. The summed E-state index contributed by atoms with van der Waals surface area (Å²) in [5, 5.41) is 3.71. The molecule has 0 fully saturated rings. The molecule has 2 aromatic carbocycles. The summed E-state index contributed by atoms with van der Waals surface area (Å²) in [7, 11) is -3.60. The van der Waals surface area contributed by atoms with Gasteiger partial charge in [-0.2, -0.15) is 13.5 Å². The second kappa shape index (κ2) is 6.85. The molecule has 2 aromatic rings. The minimum Gasteiger partial charge on any atom is -0.200 e. The molecule has 0 radical (unpaired) electrons. The third kappa shape index (κ3) is 4.57. The van der Waals surface area contributed by atoms with Crippen molar-refractivity contribution >= 4 is 22.3 Å². The number of benzene rings is 2. The van der Waals surface area contributed by atoms with Gasteiger partial charge in [-0.25, -0.2) is 4.83 Å². The Morgan fingerprint density at radius 3 is 2.33 bits per heavy atom. The Morgan fingerprint density at radius 2 is 1.67 bits per heavy atom. The Morgan fingerprint density at radius 1 is 1.00 bits per heavy atom. The summed E-state index contributed by atoms with van der Waals surface area (Å²) in [6.45, 7) is 1.90. The Labute approximate surface area is 124 Å². The number of nitrogens with zero attached hydrogens (tertiary/aromatic N) is 1. The van der Waals surface area contributed by atoms with Gasteiger partial charge in [-0.1, -0.05) is 54.1 Å².